The van der Waals surface area contributed by atoms with Gasteiger partial charge in [0.05, 0.1) is 17.4 Å². The van der Waals surface area contributed by atoms with Crippen LogP contribution in [0.15, 0.2) is 84.9 Å². The number of carbonyl (C=O) groups excluding carboxylic acids is 1. The van der Waals surface area contributed by atoms with Gasteiger partial charge in [-0.15, -0.1) is 13.2 Å². The molecule has 226 valence electrons. The number of halogens is 5. The summed E-state index contributed by atoms with van der Waals surface area (Å²) in [5.41, 5.74) is 3.83. The number of nitrogens with one attached hydrogen (secondary N) is 1. The second kappa shape index (κ2) is 12.2. The second-order valence-corrected chi connectivity index (χ2v) is 11.0. The minimum absolute atomic E-state index is 0.299. The lowest BCUT2D eigenvalue weighted by molar-refractivity contribution is -0.274. The van der Waals surface area contributed by atoms with Gasteiger partial charge in [0.15, 0.2) is 0 Å². The van der Waals surface area contributed by atoms with E-state index in [9.17, 15) is 22.8 Å². The summed E-state index contributed by atoms with van der Waals surface area (Å²) in [7, 11) is 0. The second-order valence-electron chi connectivity index (χ2n) is 10.1. The fraction of sp³-hybridized carbons (Fsp3) is 0.156. The predicted molar refractivity (Wildman–Crippen MR) is 162 cm³/mol. The summed E-state index contributed by atoms with van der Waals surface area (Å²) in [6.45, 7) is 3.30. The minimum Gasteiger partial charge on any atom is -0.480 e. The van der Waals surface area contributed by atoms with E-state index in [0.717, 1.165) is 11.1 Å². The van der Waals surface area contributed by atoms with Crippen LogP contribution in [0.3, 0.4) is 0 Å². The Balaban J connectivity index is 1.54. The van der Waals surface area contributed by atoms with E-state index in [2.05, 4.69) is 10.1 Å². The largest absolute Gasteiger partial charge is 0.573 e. The lowest BCUT2D eigenvalue weighted by Gasteiger charge is -2.17. The third-order valence-corrected chi connectivity index (χ3v) is 7.41. The van der Waals surface area contributed by atoms with Crippen LogP contribution in [0.4, 0.5) is 13.2 Å². The molecule has 4 aromatic carbocycles. The average molecular weight is 642 g/mol. The summed E-state index contributed by atoms with van der Waals surface area (Å²) >= 11 is 12.5. The third kappa shape index (κ3) is 6.98. The fourth-order valence-corrected chi connectivity index (χ4v) is 5.25. The summed E-state index contributed by atoms with van der Waals surface area (Å²) in [5.74, 6) is -1.97. The molecule has 44 heavy (non-hydrogen) atoms. The van der Waals surface area contributed by atoms with E-state index < -0.39 is 24.3 Å². The van der Waals surface area contributed by atoms with Crippen LogP contribution in [0.1, 0.15) is 35.8 Å². The maximum Gasteiger partial charge on any atom is 0.573 e. The summed E-state index contributed by atoms with van der Waals surface area (Å²) in [4.78, 5) is 23.6. The van der Waals surface area contributed by atoms with Crippen LogP contribution in [0.5, 0.6) is 5.75 Å². The first-order chi connectivity index (χ1) is 20.8. The summed E-state index contributed by atoms with van der Waals surface area (Å²) in [6.07, 6.45) is -4.80. The van der Waals surface area contributed by atoms with E-state index >= 15 is 0 Å². The number of fused-ring (bicyclic) bond motifs is 1. The molecule has 2 atom stereocenters. The topological polar surface area (TPSA) is 93.5 Å². The smallest absolute Gasteiger partial charge is 0.480 e. The zero-order valence-corrected chi connectivity index (χ0v) is 24.7. The highest BCUT2D eigenvalue weighted by Gasteiger charge is 2.31. The maximum atomic E-state index is 12.7. The van der Waals surface area contributed by atoms with E-state index in [-0.39, 0.29) is 11.8 Å². The Morgan fingerprint density at radius 1 is 0.864 bits per heavy atom. The Labute approximate surface area is 259 Å². The zero-order valence-electron chi connectivity index (χ0n) is 23.2. The summed E-state index contributed by atoms with van der Waals surface area (Å²) in [5, 5.41) is 18.5. The highest BCUT2D eigenvalue weighted by Crippen LogP contribution is 2.35. The Bertz CT molecular complexity index is 1850. The number of alkyl halides is 3. The molecule has 1 amide bonds. The number of carboxylic acids is 1. The Morgan fingerprint density at radius 2 is 1.50 bits per heavy atom. The molecule has 0 saturated carbocycles. The van der Waals surface area contributed by atoms with Crippen LogP contribution in [0.25, 0.3) is 33.3 Å². The summed E-state index contributed by atoms with van der Waals surface area (Å²) < 4.78 is 44.1. The van der Waals surface area contributed by atoms with Gasteiger partial charge in [0.2, 0.25) is 0 Å². The number of carbonyl (C=O) groups is 2. The monoisotopic (exact) mass is 641 g/mol. The highest BCUT2D eigenvalue weighted by molar-refractivity contribution is 6.35. The Morgan fingerprint density at radius 3 is 2.14 bits per heavy atom. The lowest BCUT2D eigenvalue weighted by Crippen LogP contribution is -2.38. The molecule has 5 rings (SSSR count). The van der Waals surface area contributed by atoms with Crippen LogP contribution < -0.4 is 10.1 Å². The van der Waals surface area contributed by atoms with Gasteiger partial charge < -0.3 is 15.2 Å². The molecule has 0 bridgehead atoms. The standard InChI is InChI=1S/C32H24Cl2F3N3O4/c1-17(31(42)43)38-30(41)20-5-3-19(4-6-20)18(2)40-29(16-28(39-40)24-12-25(33)15-26(34)13-24)23-8-7-22-14-27(44-32(35,36)37)10-9-21(22)11-23/h3-18H,1-2H3,(H,38,41)(H,42,43)/t17-,18-/m0/s1. The van der Waals surface area contributed by atoms with Crippen molar-refractivity contribution in [2.75, 3.05) is 0 Å². The van der Waals surface area contributed by atoms with Crippen molar-refractivity contribution in [1.82, 2.24) is 15.1 Å². The Kier molecular flexibility index (Phi) is 8.58. The number of amides is 1. The third-order valence-electron chi connectivity index (χ3n) is 6.98. The number of hydrogen-bond acceptors (Lipinski definition) is 4. The molecule has 0 radical (unpaired) electrons. The number of carboxylic acid groups (broad SMARTS) is 1. The number of benzene rings is 4. The number of nitrogens with zero attached hydrogens (tertiary/aromatic N) is 2. The average Bonchev–Trinajstić information content (AvgIpc) is 3.41. The van der Waals surface area contributed by atoms with Gasteiger partial charge in [-0.25, -0.2) is 0 Å². The van der Waals surface area contributed by atoms with Crippen LogP contribution in [0, 0.1) is 0 Å². The van der Waals surface area contributed by atoms with Gasteiger partial charge in [-0.3, -0.25) is 14.3 Å². The van der Waals surface area contributed by atoms with E-state index in [0.29, 0.717) is 43.3 Å². The maximum absolute atomic E-state index is 12.7. The van der Waals surface area contributed by atoms with Crippen molar-refractivity contribution in [3.05, 3.63) is 106 Å². The molecule has 12 heteroatoms. The van der Waals surface area contributed by atoms with Crippen molar-refractivity contribution in [2.24, 2.45) is 0 Å². The fourth-order valence-electron chi connectivity index (χ4n) is 4.72. The molecule has 1 heterocycles. The molecule has 0 fully saturated rings. The molecule has 0 aliphatic heterocycles. The number of aliphatic carboxylic acids is 1. The van der Waals surface area contributed by atoms with E-state index in [1.54, 1.807) is 65.3 Å². The first kappa shape index (κ1) is 30.9. The highest BCUT2D eigenvalue weighted by atomic mass is 35.5. The molecular formula is C32H24Cl2F3N3O4. The van der Waals surface area contributed by atoms with Gasteiger partial charge in [-0.1, -0.05) is 53.5 Å². The minimum atomic E-state index is -4.80. The predicted octanol–water partition coefficient (Wildman–Crippen LogP) is 8.39. The van der Waals surface area contributed by atoms with Crippen LogP contribution in [-0.2, 0) is 4.79 Å². The van der Waals surface area contributed by atoms with Crippen molar-refractivity contribution in [3.8, 4) is 28.3 Å². The zero-order chi connectivity index (χ0) is 31.8. The number of rotatable bonds is 8. The van der Waals surface area contributed by atoms with Gasteiger partial charge in [-0.2, -0.15) is 5.10 Å². The quantitative estimate of drug-likeness (QED) is 0.177. The van der Waals surface area contributed by atoms with Crippen LogP contribution in [0.2, 0.25) is 10.0 Å². The first-order valence-corrected chi connectivity index (χ1v) is 14.0. The molecule has 1 aromatic heterocycles. The van der Waals surface area contributed by atoms with Gasteiger partial charge in [0, 0.05) is 26.7 Å². The number of aromatic nitrogens is 2. The lowest BCUT2D eigenvalue weighted by atomic mass is 10.0. The molecular weight excluding hydrogens is 618 g/mol. The Hall–Kier alpha value is -4.54. The number of ether oxygens (including phenoxy) is 1. The van der Waals surface area contributed by atoms with Crippen molar-refractivity contribution in [2.45, 2.75) is 32.3 Å². The van der Waals surface area contributed by atoms with E-state index in [1.807, 2.05) is 19.1 Å². The molecule has 0 unspecified atom stereocenters. The van der Waals surface area contributed by atoms with Gasteiger partial charge in [-0.05, 0) is 84.8 Å². The molecule has 0 aliphatic carbocycles. The van der Waals surface area contributed by atoms with Crippen molar-refractivity contribution in [1.29, 1.82) is 0 Å². The normalized spacial score (nSPS) is 13.0. The molecule has 2 N–H and O–H groups in total. The van der Waals surface area contributed by atoms with Gasteiger partial charge >= 0.3 is 12.3 Å². The molecule has 7 nitrogen and oxygen atoms in total. The number of hydrogen-bond donors (Lipinski definition) is 2. The van der Waals surface area contributed by atoms with Gasteiger partial charge in [0.25, 0.3) is 5.91 Å². The van der Waals surface area contributed by atoms with E-state index in [4.69, 9.17) is 33.4 Å². The summed E-state index contributed by atoms with van der Waals surface area (Å²) in [6, 6.07) is 21.8. The SMILES string of the molecule is C[C@H](NC(=O)c1ccc([C@H](C)n2nc(-c3cc(Cl)cc(Cl)c3)cc2-c2ccc3cc(OC(F)(F)F)ccc3c2)cc1)C(=O)O. The van der Waals surface area contributed by atoms with Crippen molar-refractivity contribution in [3.63, 3.8) is 0 Å². The first-order valence-electron chi connectivity index (χ1n) is 13.3. The van der Waals surface area contributed by atoms with E-state index in [1.165, 1.54) is 19.1 Å². The van der Waals surface area contributed by atoms with Gasteiger partial charge in [0.1, 0.15) is 11.8 Å². The molecule has 0 aliphatic rings. The van der Waals surface area contributed by atoms with Crippen LogP contribution >= 0.6 is 23.2 Å². The van der Waals surface area contributed by atoms with Crippen molar-refractivity contribution < 1.29 is 32.6 Å². The van der Waals surface area contributed by atoms with Crippen LogP contribution in [-0.4, -0.2) is 39.2 Å². The van der Waals surface area contributed by atoms with Crippen molar-refractivity contribution >= 4 is 45.9 Å². The molecule has 0 saturated heterocycles. The molecule has 5 aromatic rings. The molecule has 0 spiro atoms.